The molecule has 1 aliphatic rings. The monoisotopic (exact) mass is 233 g/mol. The minimum Gasteiger partial charge on any atom is -0.377 e. The molecule has 0 spiro atoms. The zero-order valence-corrected chi connectivity index (χ0v) is 10.1. The van der Waals surface area contributed by atoms with Gasteiger partial charge in [0.2, 0.25) is 5.91 Å². The Morgan fingerprint density at radius 1 is 1.60 bits per heavy atom. The van der Waals surface area contributed by atoms with E-state index in [0.29, 0.717) is 12.3 Å². The summed E-state index contributed by atoms with van der Waals surface area (Å²) >= 11 is 5.57. The molecule has 0 aromatic rings. The van der Waals surface area contributed by atoms with Gasteiger partial charge in [0.05, 0.1) is 6.10 Å². The molecule has 0 aromatic carbocycles. The van der Waals surface area contributed by atoms with E-state index in [0.717, 1.165) is 39.0 Å². The number of alkyl halides is 1. The molecular weight excluding hydrogens is 214 g/mol. The Balaban J connectivity index is 2.31. The van der Waals surface area contributed by atoms with Crippen molar-refractivity contribution in [3.8, 4) is 0 Å². The third kappa shape index (κ3) is 4.39. The van der Waals surface area contributed by atoms with Crippen molar-refractivity contribution in [2.24, 2.45) is 0 Å². The molecule has 1 rings (SSSR count). The Kier molecular flexibility index (Phi) is 6.03. The van der Waals surface area contributed by atoms with Gasteiger partial charge >= 0.3 is 0 Å². The lowest BCUT2D eigenvalue weighted by Crippen LogP contribution is -2.43. The Labute approximate surface area is 96.7 Å². The Morgan fingerprint density at radius 3 is 3.07 bits per heavy atom. The quantitative estimate of drug-likeness (QED) is 0.680. The zero-order valence-electron chi connectivity index (χ0n) is 9.38. The lowest BCUT2D eigenvalue weighted by Gasteiger charge is -2.32. The van der Waals surface area contributed by atoms with E-state index in [1.807, 2.05) is 11.8 Å². The predicted molar refractivity (Wildman–Crippen MR) is 61.2 cm³/mol. The molecule has 1 amide bonds. The zero-order chi connectivity index (χ0) is 11.1. The van der Waals surface area contributed by atoms with Gasteiger partial charge in [0, 0.05) is 32.0 Å². The summed E-state index contributed by atoms with van der Waals surface area (Å²) in [6.07, 6.45) is 3.71. The van der Waals surface area contributed by atoms with Crippen LogP contribution in [0.1, 0.15) is 32.6 Å². The highest BCUT2D eigenvalue weighted by Crippen LogP contribution is 2.14. The summed E-state index contributed by atoms with van der Waals surface area (Å²) in [5, 5.41) is 0. The SMILES string of the molecule is CCOC1CCCN(C(=O)CCCCl)C1. The number of hydrogen-bond acceptors (Lipinski definition) is 2. The largest absolute Gasteiger partial charge is 0.377 e. The number of likely N-dealkylation sites (tertiary alicyclic amines) is 1. The van der Waals surface area contributed by atoms with Crippen LogP contribution in [0.2, 0.25) is 0 Å². The van der Waals surface area contributed by atoms with Gasteiger partial charge in [-0.1, -0.05) is 0 Å². The van der Waals surface area contributed by atoms with Crippen LogP contribution < -0.4 is 0 Å². The fourth-order valence-corrected chi connectivity index (χ4v) is 2.05. The van der Waals surface area contributed by atoms with E-state index >= 15 is 0 Å². The van der Waals surface area contributed by atoms with Crippen LogP contribution in [0.4, 0.5) is 0 Å². The molecule has 1 aliphatic heterocycles. The molecule has 3 nitrogen and oxygen atoms in total. The Hall–Kier alpha value is -0.280. The number of halogens is 1. The normalized spacial score (nSPS) is 21.7. The molecule has 1 unspecified atom stereocenters. The van der Waals surface area contributed by atoms with E-state index in [9.17, 15) is 4.79 Å². The minimum atomic E-state index is 0.222. The number of carbonyl (C=O) groups is 1. The first kappa shape index (κ1) is 12.8. The molecule has 0 saturated carbocycles. The second kappa shape index (κ2) is 7.07. The first-order valence-electron chi connectivity index (χ1n) is 5.73. The summed E-state index contributed by atoms with van der Waals surface area (Å²) in [6.45, 7) is 4.36. The third-order valence-corrected chi connectivity index (χ3v) is 2.92. The number of rotatable bonds is 5. The van der Waals surface area contributed by atoms with Crippen molar-refractivity contribution in [3.63, 3.8) is 0 Å². The van der Waals surface area contributed by atoms with Crippen molar-refractivity contribution in [3.05, 3.63) is 0 Å². The molecule has 4 heteroatoms. The lowest BCUT2D eigenvalue weighted by atomic mass is 10.1. The van der Waals surface area contributed by atoms with Gasteiger partial charge in [0.25, 0.3) is 0 Å². The van der Waals surface area contributed by atoms with Gasteiger partial charge in [-0.15, -0.1) is 11.6 Å². The van der Waals surface area contributed by atoms with Crippen LogP contribution in [0, 0.1) is 0 Å². The minimum absolute atomic E-state index is 0.222. The van der Waals surface area contributed by atoms with Crippen LogP contribution >= 0.6 is 11.6 Å². The molecule has 1 heterocycles. The van der Waals surface area contributed by atoms with Gasteiger partial charge in [-0.25, -0.2) is 0 Å². The molecule has 0 N–H and O–H groups in total. The number of ether oxygens (including phenoxy) is 1. The van der Waals surface area contributed by atoms with E-state index in [-0.39, 0.29) is 12.0 Å². The molecule has 1 saturated heterocycles. The van der Waals surface area contributed by atoms with Crippen molar-refractivity contribution in [2.75, 3.05) is 25.6 Å². The highest BCUT2D eigenvalue weighted by atomic mass is 35.5. The van der Waals surface area contributed by atoms with Crippen LogP contribution in [0.5, 0.6) is 0 Å². The maximum atomic E-state index is 11.7. The standard InChI is InChI=1S/C11H20ClNO2/c1-2-15-10-5-4-8-13(9-10)11(14)6-3-7-12/h10H,2-9H2,1H3. The number of amides is 1. The number of hydrogen-bond donors (Lipinski definition) is 0. The fourth-order valence-electron chi connectivity index (χ4n) is 1.91. The molecule has 88 valence electrons. The smallest absolute Gasteiger partial charge is 0.222 e. The van der Waals surface area contributed by atoms with Crippen molar-refractivity contribution in [2.45, 2.75) is 38.7 Å². The van der Waals surface area contributed by atoms with Crippen LogP contribution in [0.15, 0.2) is 0 Å². The van der Waals surface area contributed by atoms with Crippen LogP contribution in [0.3, 0.4) is 0 Å². The second-order valence-corrected chi connectivity index (χ2v) is 4.23. The predicted octanol–water partition coefficient (Wildman–Crippen LogP) is 2.03. The molecule has 1 fully saturated rings. The highest BCUT2D eigenvalue weighted by molar-refractivity contribution is 6.17. The average molecular weight is 234 g/mol. The number of carbonyl (C=O) groups excluding carboxylic acids is 1. The lowest BCUT2D eigenvalue weighted by molar-refractivity contribution is -0.135. The second-order valence-electron chi connectivity index (χ2n) is 3.85. The fraction of sp³-hybridized carbons (Fsp3) is 0.909. The Morgan fingerprint density at radius 2 is 2.40 bits per heavy atom. The third-order valence-electron chi connectivity index (χ3n) is 2.66. The summed E-state index contributed by atoms with van der Waals surface area (Å²) in [7, 11) is 0. The molecule has 0 radical (unpaired) electrons. The summed E-state index contributed by atoms with van der Waals surface area (Å²) in [4.78, 5) is 13.6. The average Bonchev–Trinajstić information content (AvgIpc) is 2.27. The summed E-state index contributed by atoms with van der Waals surface area (Å²) in [5.41, 5.74) is 0. The first-order chi connectivity index (χ1) is 7.27. The topological polar surface area (TPSA) is 29.5 Å². The van der Waals surface area contributed by atoms with Crippen LogP contribution in [-0.4, -0.2) is 42.5 Å². The molecule has 0 aromatic heterocycles. The molecule has 0 bridgehead atoms. The number of piperidine rings is 1. The highest BCUT2D eigenvalue weighted by Gasteiger charge is 2.23. The Bertz CT molecular complexity index is 197. The number of nitrogens with zero attached hydrogens (tertiary/aromatic N) is 1. The van der Waals surface area contributed by atoms with E-state index in [4.69, 9.17) is 16.3 Å². The van der Waals surface area contributed by atoms with Crippen LogP contribution in [0.25, 0.3) is 0 Å². The summed E-state index contributed by atoms with van der Waals surface area (Å²) < 4.78 is 5.55. The maximum Gasteiger partial charge on any atom is 0.222 e. The van der Waals surface area contributed by atoms with Crippen LogP contribution in [-0.2, 0) is 9.53 Å². The van der Waals surface area contributed by atoms with Gasteiger partial charge < -0.3 is 9.64 Å². The van der Waals surface area contributed by atoms with Gasteiger partial charge in [-0.2, -0.15) is 0 Å². The van der Waals surface area contributed by atoms with Crippen molar-refractivity contribution in [1.82, 2.24) is 4.90 Å². The summed E-state index contributed by atoms with van der Waals surface area (Å²) in [5.74, 6) is 0.786. The summed E-state index contributed by atoms with van der Waals surface area (Å²) in [6, 6.07) is 0. The van der Waals surface area contributed by atoms with Crippen molar-refractivity contribution in [1.29, 1.82) is 0 Å². The van der Waals surface area contributed by atoms with Gasteiger partial charge in [-0.05, 0) is 26.2 Å². The molecular formula is C11H20ClNO2. The van der Waals surface area contributed by atoms with E-state index in [1.165, 1.54) is 0 Å². The van der Waals surface area contributed by atoms with Gasteiger partial charge in [-0.3, -0.25) is 4.79 Å². The van der Waals surface area contributed by atoms with E-state index < -0.39 is 0 Å². The van der Waals surface area contributed by atoms with E-state index in [2.05, 4.69) is 0 Å². The van der Waals surface area contributed by atoms with Gasteiger partial charge in [0.15, 0.2) is 0 Å². The van der Waals surface area contributed by atoms with E-state index in [1.54, 1.807) is 0 Å². The van der Waals surface area contributed by atoms with Gasteiger partial charge in [0.1, 0.15) is 0 Å². The molecule has 1 atom stereocenters. The molecule has 0 aliphatic carbocycles. The van der Waals surface area contributed by atoms with Crippen molar-refractivity contribution < 1.29 is 9.53 Å². The van der Waals surface area contributed by atoms with Crippen molar-refractivity contribution >= 4 is 17.5 Å². The maximum absolute atomic E-state index is 11.7. The molecule has 15 heavy (non-hydrogen) atoms. The first-order valence-corrected chi connectivity index (χ1v) is 6.26.